The number of hydrogen-bond donors (Lipinski definition) is 1. The highest BCUT2D eigenvalue weighted by atomic mass is 79.9. The summed E-state index contributed by atoms with van der Waals surface area (Å²) in [7, 11) is 3.40. The second-order valence-electron chi connectivity index (χ2n) is 3.93. The number of carbonyl (C=O) groups excluding carboxylic acids is 1. The minimum Gasteiger partial charge on any atom is -0.372 e. The van der Waals surface area contributed by atoms with Crippen LogP contribution in [0, 0.1) is 11.3 Å². The van der Waals surface area contributed by atoms with Gasteiger partial charge in [-0.3, -0.25) is 4.79 Å². The standard InChI is InChI=1S/C12H15BrN4O/c1-8(4-5-14)17(3)12(18)10-6-9(13)7-16-11(10)15-2/h6-8H,4H2,1-3H3,(H,15,16). The van der Waals surface area contributed by atoms with Gasteiger partial charge in [0.05, 0.1) is 18.1 Å². The van der Waals surface area contributed by atoms with Crippen LogP contribution >= 0.6 is 15.9 Å². The van der Waals surface area contributed by atoms with Gasteiger partial charge in [0, 0.05) is 30.8 Å². The topological polar surface area (TPSA) is 69.0 Å². The lowest BCUT2D eigenvalue weighted by atomic mass is 10.1. The molecule has 0 saturated carbocycles. The van der Waals surface area contributed by atoms with E-state index >= 15 is 0 Å². The number of rotatable bonds is 4. The predicted molar refractivity (Wildman–Crippen MR) is 73.3 cm³/mol. The number of nitrogens with zero attached hydrogens (tertiary/aromatic N) is 3. The summed E-state index contributed by atoms with van der Waals surface area (Å²) in [4.78, 5) is 18.0. The van der Waals surface area contributed by atoms with Gasteiger partial charge in [-0.05, 0) is 28.9 Å². The quantitative estimate of drug-likeness (QED) is 0.926. The van der Waals surface area contributed by atoms with Crippen molar-refractivity contribution in [3.05, 3.63) is 22.3 Å². The summed E-state index contributed by atoms with van der Waals surface area (Å²) in [6, 6.07) is 3.65. The minimum atomic E-state index is -0.157. The maximum Gasteiger partial charge on any atom is 0.257 e. The number of anilines is 1. The minimum absolute atomic E-state index is 0.133. The Balaban J connectivity index is 3.03. The van der Waals surface area contributed by atoms with Gasteiger partial charge in [0.25, 0.3) is 5.91 Å². The first kappa shape index (κ1) is 14.5. The van der Waals surface area contributed by atoms with Gasteiger partial charge in [-0.25, -0.2) is 4.98 Å². The molecular weight excluding hydrogens is 296 g/mol. The van der Waals surface area contributed by atoms with Gasteiger partial charge in [-0.15, -0.1) is 0 Å². The number of pyridine rings is 1. The van der Waals surface area contributed by atoms with Crippen LogP contribution in [0.15, 0.2) is 16.7 Å². The molecule has 0 radical (unpaired) electrons. The third kappa shape index (κ3) is 3.20. The van der Waals surface area contributed by atoms with E-state index in [2.05, 4.69) is 32.3 Å². The van der Waals surface area contributed by atoms with E-state index in [0.717, 1.165) is 4.47 Å². The molecule has 1 aromatic rings. The SMILES string of the molecule is CNc1ncc(Br)cc1C(=O)N(C)C(C)CC#N. The Labute approximate surface area is 115 Å². The van der Waals surface area contributed by atoms with Crippen LogP contribution < -0.4 is 5.32 Å². The van der Waals surface area contributed by atoms with E-state index in [4.69, 9.17) is 5.26 Å². The zero-order valence-electron chi connectivity index (χ0n) is 10.6. The van der Waals surface area contributed by atoms with E-state index in [0.29, 0.717) is 17.8 Å². The molecule has 1 rings (SSSR count). The van der Waals surface area contributed by atoms with E-state index in [9.17, 15) is 4.79 Å². The third-order valence-corrected chi connectivity index (χ3v) is 3.12. The van der Waals surface area contributed by atoms with Gasteiger partial charge in [0.15, 0.2) is 0 Å². The number of hydrogen-bond acceptors (Lipinski definition) is 4. The number of halogens is 1. The Morgan fingerprint density at radius 1 is 1.72 bits per heavy atom. The maximum atomic E-state index is 12.3. The molecule has 0 spiro atoms. The largest absolute Gasteiger partial charge is 0.372 e. The molecule has 1 heterocycles. The molecule has 0 saturated heterocycles. The maximum absolute atomic E-state index is 12.3. The summed E-state index contributed by atoms with van der Waals surface area (Å²) in [5.41, 5.74) is 0.485. The first-order chi connectivity index (χ1) is 8.51. The molecule has 1 amide bonds. The van der Waals surface area contributed by atoms with E-state index in [-0.39, 0.29) is 11.9 Å². The van der Waals surface area contributed by atoms with Gasteiger partial charge in [-0.2, -0.15) is 5.26 Å². The van der Waals surface area contributed by atoms with E-state index in [1.54, 1.807) is 31.3 Å². The lowest BCUT2D eigenvalue weighted by molar-refractivity contribution is 0.0747. The summed E-state index contributed by atoms with van der Waals surface area (Å²) in [5, 5.41) is 11.5. The van der Waals surface area contributed by atoms with Crippen molar-refractivity contribution in [3.63, 3.8) is 0 Å². The molecule has 1 atom stereocenters. The van der Waals surface area contributed by atoms with Crippen molar-refractivity contribution < 1.29 is 4.79 Å². The molecule has 1 aromatic heterocycles. The van der Waals surface area contributed by atoms with Crippen LogP contribution in [0.3, 0.4) is 0 Å². The first-order valence-electron chi connectivity index (χ1n) is 5.48. The molecule has 5 nitrogen and oxygen atoms in total. The van der Waals surface area contributed by atoms with Crippen LogP contribution in [-0.2, 0) is 0 Å². The second-order valence-corrected chi connectivity index (χ2v) is 4.84. The molecule has 0 aliphatic rings. The summed E-state index contributed by atoms with van der Waals surface area (Å²) in [6.07, 6.45) is 1.93. The highest BCUT2D eigenvalue weighted by Gasteiger charge is 2.20. The van der Waals surface area contributed by atoms with Crippen molar-refractivity contribution in [2.24, 2.45) is 0 Å². The number of nitrogens with one attached hydrogen (secondary N) is 1. The van der Waals surface area contributed by atoms with Crippen molar-refractivity contribution in [2.75, 3.05) is 19.4 Å². The van der Waals surface area contributed by atoms with Gasteiger partial charge in [0.2, 0.25) is 0 Å². The smallest absolute Gasteiger partial charge is 0.257 e. The Hall–Kier alpha value is -1.61. The summed E-state index contributed by atoms with van der Waals surface area (Å²) in [6.45, 7) is 1.84. The predicted octanol–water partition coefficient (Wildman–Crippen LogP) is 2.26. The number of amides is 1. The lowest BCUT2D eigenvalue weighted by Crippen LogP contribution is -2.35. The molecule has 1 unspecified atom stereocenters. The van der Waals surface area contributed by atoms with Crippen molar-refractivity contribution in [1.29, 1.82) is 5.26 Å². The Morgan fingerprint density at radius 2 is 2.39 bits per heavy atom. The second kappa shape index (κ2) is 6.36. The fraction of sp³-hybridized carbons (Fsp3) is 0.417. The Morgan fingerprint density at radius 3 is 2.94 bits per heavy atom. The molecular formula is C12H15BrN4O. The molecule has 1 N–H and O–H groups in total. The molecule has 6 heteroatoms. The van der Waals surface area contributed by atoms with Crippen molar-refractivity contribution in [1.82, 2.24) is 9.88 Å². The fourth-order valence-electron chi connectivity index (χ4n) is 1.46. The van der Waals surface area contributed by atoms with E-state index in [1.165, 1.54) is 0 Å². The van der Waals surface area contributed by atoms with Crippen molar-refractivity contribution in [2.45, 2.75) is 19.4 Å². The molecule has 0 aromatic carbocycles. The van der Waals surface area contributed by atoms with E-state index < -0.39 is 0 Å². The van der Waals surface area contributed by atoms with Crippen molar-refractivity contribution in [3.8, 4) is 6.07 Å². The molecule has 0 bridgehead atoms. The molecule has 0 fully saturated rings. The number of aromatic nitrogens is 1. The zero-order chi connectivity index (χ0) is 13.7. The highest BCUT2D eigenvalue weighted by molar-refractivity contribution is 9.10. The van der Waals surface area contributed by atoms with Gasteiger partial charge in [0.1, 0.15) is 5.82 Å². The average Bonchev–Trinajstić information content (AvgIpc) is 2.37. The van der Waals surface area contributed by atoms with Crippen LogP contribution in [0.1, 0.15) is 23.7 Å². The lowest BCUT2D eigenvalue weighted by Gasteiger charge is -2.23. The molecule has 0 aliphatic heterocycles. The monoisotopic (exact) mass is 310 g/mol. The van der Waals surface area contributed by atoms with Crippen LogP contribution in [-0.4, -0.2) is 35.9 Å². The van der Waals surface area contributed by atoms with Crippen LogP contribution in [0.4, 0.5) is 5.82 Å². The highest BCUT2D eigenvalue weighted by Crippen LogP contribution is 2.20. The first-order valence-corrected chi connectivity index (χ1v) is 6.28. The van der Waals surface area contributed by atoms with Crippen molar-refractivity contribution >= 4 is 27.7 Å². The Kier molecular flexibility index (Phi) is 5.10. The van der Waals surface area contributed by atoms with Crippen LogP contribution in [0.2, 0.25) is 0 Å². The molecule has 18 heavy (non-hydrogen) atoms. The third-order valence-electron chi connectivity index (χ3n) is 2.69. The van der Waals surface area contributed by atoms with Crippen LogP contribution in [0.5, 0.6) is 0 Å². The number of carbonyl (C=O) groups is 1. The van der Waals surface area contributed by atoms with E-state index in [1.807, 2.05) is 6.92 Å². The summed E-state index contributed by atoms with van der Waals surface area (Å²) >= 11 is 3.30. The molecule has 0 aliphatic carbocycles. The zero-order valence-corrected chi connectivity index (χ0v) is 12.2. The van der Waals surface area contributed by atoms with Gasteiger partial charge < -0.3 is 10.2 Å². The molecule has 96 valence electrons. The number of nitriles is 1. The summed E-state index contributed by atoms with van der Waals surface area (Å²) in [5.74, 6) is 0.370. The van der Waals surface area contributed by atoms with Gasteiger partial charge >= 0.3 is 0 Å². The normalized spacial score (nSPS) is 11.5. The van der Waals surface area contributed by atoms with Gasteiger partial charge in [-0.1, -0.05) is 0 Å². The fourth-order valence-corrected chi connectivity index (χ4v) is 1.79. The Bertz CT molecular complexity index is 483. The summed E-state index contributed by atoms with van der Waals surface area (Å²) < 4.78 is 0.742. The van der Waals surface area contributed by atoms with Crippen LogP contribution in [0.25, 0.3) is 0 Å². The average molecular weight is 311 g/mol.